The van der Waals surface area contributed by atoms with Gasteiger partial charge in [0.05, 0.1) is 13.7 Å². The van der Waals surface area contributed by atoms with Crippen LogP contribution in [0.3, 0.4) is 0 Å². The summed E-state index contributed by atoms with van der Waals surface area (Å²) in [7, 11) is 1.47. The van der Waals surface area contributed by atoms with Crippen molar-refractivity contribution in [3.63, 3.8) is 0 Å². The quantitative estimate of drug-likeness (QED) is 0.661. The van der Waals surface area contributed by atoms with Gasteiger partial charge in [0, 0.05) is 6.61 Å². The predicted molar refractivity (Wildman–Crippen MR) is 78.4 cm³/mol. The highest BCUT2D eigenvalue weighted by Gasteiger charge is 2.11. The van der Waals surface area contributed by atoms with E-state index in [1.807, 2.05) is 6.07 Å². The van der Waals surface area contributed by atoms with Gasteiger partial charge < -0.3 is 14.6 Å². The van der Waals surface area contributed by atoms with Crippen molar-refractivity contribution in [2.75, 3.05) is 13.7 Å². The maximum absolute atomic E-state index is 11.1. The smallest absolute Gasteiger partial charge is 0.339 e. The van der Waals surface area contributed by atoms with Gasteiger partial charge in [0.25, 0.3) is 0 Å². The standard InChI is InChI=1S/C16H24O4/c1-3-4-5-6-7-10-20-12-13-8-9-15(19-2)14(11-13)16(17)18/h8-9,11H,3-7,10,12H2,1-2H3,(H,17,18). The highest BCUT2D eigenvalue weighted by molar-refractivity contribution is 5.91. The summed E-state index contributed by atoms with van der Waals surface area (Å²) >= 11 is 0. The van der Waals surface area contributed by atoms with E-state index in [2.05, 4.69) is 6.92 Å². The van der Waals surface area contributed by atoms with Crippen LogP contribution in [0.5, 0.6) is 5.75 Å². The normalized spacial score (nSPS) is 10.5. The fourth-order valence-corrected chi connectivity index (χ4v) is 2.01. The Hall–Kier alpha value is -1.55. The highest BCUT2D eigenvalue weighted by Crippen LogP contribution is 2.20. The van der Waals surface area contributed by atoms with Gasteiger partial charge in [0.1, 0.15) is 11.3 Å². The summed E-state index contributed by atoms with van der Waals surface area (Å²) in [5.41, 5.74) is 1.04. The molecule has 0 unspecified atom stereocenters. The van der Waals surface area contributed by atoms with E-state index in [0.29, 0.717) is 12.4 Å². The number of ether oxygens (including phenoxy) is 2. The van der Waals surface area contributed by atoms with Crippen LogP contribution >= 0.6 is 0 Å². The Morgan fingerprint density at radius 3 is 2.60 bits per heavy atom. The van der Waals surface area contributed by atoms with Gasteiger partial charge in [-0.15, -0.1) is 0 Å². The molecule has 4 heteroatoms. The van der Waals surface area contributed by atoms with Crippen LogP contribution in [0.25, 0.3) is 0 Å². The Labute approximate surface area is 120 Å². The fraction of sp³-hybridized carbons (Fsp3) is 0.562. The molecule has 0 spiro atoms. The number of benzene rings is 1. The molecular weight excluding hydrogens is 256 g/mol. The lowest BCUT2D eigenvalue weighted by Crippen LogP contribution is -2.03. The van der Waals surface area contributed by atoms with E-state index in [1.54, 1.807) is 12.1 Å². The molecule has 0 radical (unpaired) electrons. The monoisotopic (exact) mass is 280 g/mol. The molecular formula is C16H24O4. The minimum atomic E-state index is -0.983. The number of carbonyl (C=O) groups is 1. The molecule has 1 rings (SSSR count). The van der Waals surface area contributed by atoms with Crippen LogP contribution in [0.1, 0.15) is 54.9 Å². The topological polar surface area (TPSA) is 55.8 Å². The molecule has 0 fully saturated rings. The van der Waals surface area contributed by atoms with Crippen molar-refractivity contribution < 1.29 is 19.4 Å². The fourth-order valence-electron chi connectivity index (χ4n) is 2.01. The van der Waals surface area contributed by atoms with Crippen molar-refractivity contribution in [2.45, 2.75) is 45.6 Å². The third-order valence-electron chi connectivity index (χ3n) is 3.16. The molecule has 0 aliphatic carbocycles. The first-order valence-electron chi connectivity index (χ1n) is 7.17. The Kier molecular flexibility index (Phi) is 7.73. The van der Waals surface area contributed by atoms with Gasteiger partial charge in [-0.05, 0) is 24.1 Å². The first-order valence-corrected chi connectivity index (χ1v) is 7.17. The number of methoxy groups -OCH3 is 1. The molecule has 0 aromatic heterocycles. The lowest BCUT2D eigenvalue weighted by atomic mass is 10.1. The summed E-state index contributed by atoms with van der Waals surface area (Å²) < 4.78 is 10.6. The summed E-state index contributed by atoms with van der Waals surface area (Å²) in [5.74, 6) is -0.607. The van der Waals surface area contributed by atoms with E-state index in [4.69, 9.17) is 14.6 Å². The number of aromatic carboxylic acids is 1. The Balaban J connectivity index is 2.37. The SMILES string of the molecule is CCCCCCCOCc1ccc(OC)c(C(=O)O)c1. The van der Waals surface area contributed by atoms with E-state index < -0.39 is 5.97 Å². The average molecular weight is 280 g/mol. The largest absolute Gasteiger partial charge is 0.496 e. The summed E-state index contributed by atoms with van der Waals surface area (Å²) in [5, 5.41) is 9.09. The average Bonchev–Trinajstić information content (AvgIpc) is 2.46. The van der Waals surface area contributed by atoms with Crippen LogP contribution < -0.4 is 4.74 Å². The first-order chi connectivity index (χ1) is 9.69. The third-order valence-corrected chi connectivity index (χ3v) is 3.16. The van der Waals surface area contributed by atoms with E-state index in [0.717, 1.165) is 18.6 Å². The molecule has 0 bridgehead atoms. The second-order valence-electron chi connectivity index (χ2n) is 4.81. The summed E-state index contributed by atoms with van der Waals surface area (Å²) in [6.45, 7) is 3.36. The van der Waals surface area contributed by atoms with Gasteiger partial charge in [-0.25, -0.2) is 4.79 Å². The van der Waals surface area contributed by atoms with Crippen molar-refractivity contribution in [3.05, 3.63) is 29.3 Å². The molecule has 0 saturated heterocycles. The predicted octanol–water partition coefficient (Wildman–Crippen LogP) is 3.88. The second kappa shape index (κ2) is 9.37. The van der Waals surface area contributed by atoms with Gasteiger partial charge >= 0.3 is 5.97 Å². The molecule has 0 heterocycles. The molecule has 1 N–H and O–H groups in total. The third kappa shape index (κ3) is 5.61. The number of rotatable bonds is 10. The molecule has 1 aromatic carbocycles. The van der Waals surface area contributed by atoms with Crippen molar-refractivity contribution in [3.8, 4) is 5.75 Å². The number of hydrogen-bond donors (Lipinski definition) is 1. The maximum Gasteiger partial charge on any atom is 0.339 e. The zero-order valence-corrected chi connectivity index (χ0v) is 12.4. The lowest BCUT2D eigenvalue weighted by molar-refractivity contribution is 0.0692. The number of carboxylic acid groups (broad SMARTS) is 1. The Bertz CT molecular complexity index is 415. The molecule has 0 aliphatic heterocycles. The molecule has 112 valence electrons. The molecule has 20 heavy (non-hydrogen) atoms. The van der Waals surface area contributed by atoms with Gasteiger partial charge in [-0.2, -0.15) is 0 Å². The molecule has 0 atom stereocenters. The lowest BCUT2D eigenvalue weighted by Gasteiger charge is -2.08. The minimum Gasteiger partial charge on any atom is -0.496 e. The van der Waals surface area contributed by atoms with E-state index in [9.17, 15) is 4.79 Å². The first kappa shape index (κ1) is 16.5. The zero-order chi connectivity index (χ0) is 14.8. The van der Waals surface area contributed by atoms with Gasteiger partial charge in [-0.3, -0.25) is 0 Å². The van der Waals surface area contributed by atoms with Gasteiger partial charge in [0.15, 0.2) is 0 Å². The van der Waals surface area contributed by atoms with Crippen LogP contribution in [0.15, 0.2) is 18.2 Å². The summed E-state index contributed by atoms with van der Waals surface area (Å²) in [4.78, 5) is 11.1. The van der Waals surface area contributed by atoms with E-state index >= 15 is 0 Å². The molecule has 0 saturated carbocycles. The molecule has 1 aromatic rings. The van der Waals surface area contributed by atoms with Crippen molar-refractivity contribution in [2.24, 2.45) is 0 Å². The number of unbranched alkanes of at least 4 members (excludes halogenated alkanes) is 4. The Morgan fingerprint density at radius 1 is 1.20 bits per heavy atom. The van der Waals surface area contributed by atoms with Crippen LogP contribution in [0.4, 0.5) is 0 Å². The second-order valence-corrected chi connectivity index (χ2v) is 4.81. The van der Waals surface area contributed by atoms with Crippen molar-refractivity contribution >= 4 is 5.97 Å². The zero-order valence-electron chi connectivity index (χ0n) is 12.4. The molecule has 0 amide bonds. The van der Waals surface area contributed by atoms with Crippen LogP contribution in [-0.4, -0.2) is 24.8 Å². The van der Waals surface area contributed by atoms with Crippen molar-refractivity contribution in [1.82, 2.24) is 0 Å². The summed E-state index contributed by atoms with van der Waals surface area (Å²) in [6.07, 6.45) is 6.02. The molecule has 0 aliphatic rings. The minimum absolute atomic E-state index is 0.177. The van der Waals surface area contributed by atoms with Gasteiger partial charge in [-0.1, -0.05) is 38.7 Å². The van der Waals surface area contributed by atoms with Crippen LogP contribution in [0, 0.1) is 0 Å². The van der Waals surface area contributed by atoms with Crippen LogP contribution in [-0.2, 0) is 11.3 Å². The Morgan fingerprint density at radius 2 is 1.95 bits per heavy atom. The highest BCUT2D eigenvalue weighted by atomic mass is 16.5. The molecule has 4 nitrogen and oxygen atoms in total. The van der Waals surface area contributed by atoms with E-state index in [1.165, 1.54) is 32.8 Å². The van der Waals surface area contributed by atoms with Crippen molar-refractivity contribution in [1.29, 1.82) is 0 Å². The number of carboxylic acids is 1. The van der Waals surface area contributed by atoms with E-state index in [-0.39, 0.29) is 5.56 Å². The van der Waals surface area contributed by atoms with Gasteiger partial charge in [0.2, 0.25) is 0 Å². The summed E-state index contributed by atoms with van der Waals surface area (Å²) in [6, 6.07) is 5.12. The maximum atomic E-state index is 11.1. The number of hydrogen-bond acceptors (Lipinski definition) is 3. The van der Waals surface area contributed by atoms with Crippen LogP contribution in [0.2, 0.25) is 0 Å².